The highest BCUT2D eigenvalue weighted by Gasteiger charge is 2.24. The van der Waals surface area contributed by atoms with E-state index in [1.165, 1.54) is 0 Å². The van der Waals surface area contributed by atoms with Gasteiger partial charge in [-0.05, 0) is 15.9 Å². The fraction of sp³-hybridized carbons (Fsp3) is 0.375. The Balaban J connectivity index is 3.53. The van der Waals surface area contributed by atoms with Crippen molar-refractivity contribution in [1.82, 2.24) is 4.98 Å². The number of pyridine rings is 1. The molecule has 13 heavy (non-hydrogen) atoms. The fourth-order valence-electron chi connectivity index (χ4n) is 1.15. The van der Waals surface area contributed by atoms with Crippen molar-refractivity contribution in [1.29, 1.82) is 0 Å². The Bertz CT molecular complexity index is 383. The summed E-state index contributed by atoms with van der Waals surface area (Å²) in [5.41, 5.74) is -0.188. The monoisotopic (exact) mass is 263 g/mol. The summed E-state index contributed by atoms with van der Waals surface area (Å²) in [6.07, 6.45) is 1.08. The van der Waals surface area contributed by atoms with Gasteiger partial charge < -0.3 is 4.98 Å². The second-order valence-electron chi connectivity index (χ2n) is 3.90. The molecule has 0 aliphatic carbocycles. The number of rotatable bonds is 1. The SMILES string of the molecule is C[Si](C)(C)c1c(Br)c(F)c[nH]c1=O. The van der Waals surface area contributed by atoms with Crippen LogP contribution in [0.15, 0.2) is 15.5 Å². The number of hydrogen-bond donors (Lipinski definition) is 1. The molecule has 1 aromatic heterocycles. The number of aromatic nitrogens is 1. The predicted octanol–water partition coefficient (Wildman–Crippen LogP) is 1.82. The van der Waals surface area contributed by atoms with Crippen molar-refractivity contribution in [3.8, 4) is 0 Å². The fourth-order valence-corrected chi connectivity index (χ4v) is 4.76. The lowest BCUT2D eigenvalue weighted by atomic mass is 10.5. The third-order valence-electron chi connectivity index (χ3n) is 1.74. The second kappa shape index (κ2) is 3.38. The highest BCUT2D eigenvalue weighted by molar-refractivity contribution is 9.10. The first kappa shape index (κ1) is 10.7. The van der Waals surface area contributed by atoms with Crippen molar-refractivity contribution in [3.05, 3.63) is 26.8 Å². The van der Waals surface area contributed by atoms with Crippen LogP contribution in [0.3, 0.4) is 0 Å². The van der Waals surface area contributed by atoms with Crippen molar-refractivity contribution >= 4 is 29.2 Å². The predicted molar refractivity (Wildman–Crippen MR) is 57.7 cm³/mol. The van der Waals surface area contributed by atoms with Crippen LogP contribution >= 0.6 is 15.9 Å². The van der Waals surface area contributed by atoms with E-state index in [1.807, 2.05) is 19.6 Å². The second-order valence-corrected chi connectivity index (χ2v) is 9.70. The van der Waals surface area contributed by atoms with E-state index in [4.69, 9.17) is 0 Å². The minimum absolute atomic E-state index is 0.188. The molecule has 1 rings (SSSR count). The van der Waals surface area contributed by atoms with E-state index in [1.54, 1.807) is 0 Å². The molecule has 0 radical (unpaired) electrons. The van der Waals surface area contributed by atoms with Gasteiger partial charge in [-0.3, -0.25) is 4.79 Å². The normalized spacial score (nSPS) is 11.8. The highest BCUT2D eigenvalue weighted by atomic mass is 79.9. The molecule has 1 heterocycles. The van der Waals surface area contributed by atoms with Gasteiger partial charge in [0.25, 0.3) is 0 Å². The van der Waals surface area contributed by atoms with Gasteiger partial charge in [-0.1, -0.05) is 19.6 Å². The molecule has 2 nitrogen and oxygen atoms in total. The van der Waals surface area contributed by atoms with Gasteiger partial charge in [-0.25, -0.2) is 4.39 Å². The maximum absolute atomic E-state index is 13.1. The van der Waals surface area contributed by atoms with E-state index in [9.17, 15) is 9.18 Å². The Morgan fingerprint density at radius 1 is 1.46 bits per heavy atom. The van der Waals surface area contributed by atoms with Gasteiger partial charge >= 0.3 is 0 Å². The molecular weight excluding hydrogens is 253 g/mol. The van der Waals surface area contributed by atoms with Crippen LogP contribution in [0.25, 0.3) is 0 Å². The number of halogens is 2. The van der Waals surface area contributed by atoms with Crippen LogP contribution in [0.2, 0.25) is 19.6 Å². The molecule has 0 saturated heterocycles. The summed E-state index contributed by atoms with van der Waals surface area (Å²) in [6, 6.07) is 0. The lowest BCUT2D eigenvalue weighted by Gasteiger charge is -2.16. The first-order chi connectivity index (χ1) is 5.84. The van der Waals surface area contributed by atoms with Crippen LogP contribution < -0.4 is 10.7 Å². The van der Waals surface area contributed by atoms with Crippen molar-refractivity contribution in [2.45, 2.75) is 19.6 Å². The molecule has 1 N–H and O–H groups in total. The van der Waals surface area contributed by atoms with E-state index in [0.29, 0.717) is 9.66 Å². The van der Waals surface area contributed by atoms with E-state index in [2.05, 4.69) is 20.9 Å². The molecular formula is C8H11BrFNOSi. The zero-order valence-corrected chi connectivity index (χ0v) is 10.3. The number of hydrogen-bond acceptors (Lipinski definition) is 1. The molecule has 0 bridgehead atoms. The van der Waals surface area contributed by atoms with Gasteiger partial charge in [0.2, 0.25) is 5.56 Å². The molecule has 72 valence electrons. The van der Waals surface area contributed by atoms with Crippen molar-refractivity contribution in [3.63, 3.8) is 0 Å². The van der Waals surface area contributed by atoms with Crippen molar-refractivity contribution in [2.24, 2.45) is 0 Å². The smallest absolute Gasteiger partial charge is 0.248 e. The minimum atomic E-state index is -1.78. The summed E-state index contributed by atoms with van der Waals surface area (Å²) in [7, 11) is -1.78. The number of H-pyrrole nitrogens is 1. The van der Waals surface area contributed by atoms with Crippen molar-refractivity contribution < 1.29 is 4.39 Å². The molecule has 0 amide bonds. The topological polar surface area (TPSA) is 32.9 Å². The third-order valence-corrected chi connectivity index (χ3v) is 4.85. The van der Waals surface area contributed by atoms with Crippen LogP contribution in [0.1, 0.15) is 0 Å². The van der Waals surface area contributed by atoms with Gasteiger partial charge in [-0.2, -0.15) is 0 Å². The first-order valence-corrected chi connectivity index (χ1v) is 8.20. The summed E-state index contributed by atoms with van der Waals surface area (Å²) in [4.78, 5) is 13.8. The van der Waals surface area contributed by atoms with Crippen molar-refractivity contribution in [2.75, 3.05) is 0 Å². The Morgan fingerprint density at radius 3 is 2.38 bits per heavy atom. The Kier molecular flexibility index (Phi) is 2.77. The Labute approximate surface area is 85.3 Å². The summed E-state index contributed by atoms with van der Waals surface area (Å²) >= 11 is 3.11. The van der Waals surface area contributed by atoms with Crippen LogP contribution in [0.5, 0.6) is 0 Å². The van der Waals surface area contributed by atoms with Crippen LogP contribution in [-0.2, 0) is 0 Å². The van der Waals surface area contributed by atoms with E-state index >= 15 is 0 Å². The van der Waals surface area contributed by atoms with Gasteiger partial charge in [0, 0.05) is 11.4 Å². The molecule has 0 fully saturated rings. The van der Waals surface area contributed by atoms with Gasteiger partial charge in [0.15, 0.2) is 5.82 Å². The standard InChI is InChI=1S/C8H11BrFNOSi/c1-13(2,3)7-6(9)5(10)4-11-8(7)12/h4H,1-3H3,(H,11,12). The third kappa shape index (κ3) is 2.08. The average molecular weight is 264 g/mol. The zero-order chi connectivity index (χ0) is 10.2. The molecule has 0 aliphatic rings. The first-order valence-electron chi connectivity index (χ1n) is 3.91. The quantitative estimate of drug-likeness (QED) is 0.771. The summed E-state index contributed by atoms with van der Waals surface area (Å²) in [5.74, 6) is -0.406. The Morgan fingerprint density at radius 2 is 2.00 bits per heavy atom. The molecule has 0 unspecified atom stereocenters. The molecule has 0 spiro atoms. The maximum Gasteiger partial charge on any atom is 0.248 e. The van der Waals surface area contributed by atoms with Gasteiger partial charge in [-0.15, -0.1) is 0 Å². The minimum Gasteiger partial charge on any atom is -0.326 e. The van der Waals surface area contributed by atoms with E-state index in [-0.39, 0.29) is 5.56 Å². The maximum atomic E-state index is 13.1. The van der Waals surface area contributed by atoms with E-state index < -0.39 is 13.9 Å². The van der Waals surface area contributed by atoms with Gasteiger partial charge in [0.1, 0.15) is 0 Å². The van der Waals surface area contributed by atoms with Crippen LogP contribution in [0, 0.1) is 5.82 Å². The largest absolute Gasteiger partial charge is 0.326 e. The summed E-state index contributed by atoms with van der Waals surface area (Å²) in [6.45, 7) is 6.01. The summed E-state index contributed by atoms with van der Waals surface area (Å²) in [5, 5.41) is 0.576. The molecule has 5 heteroatoms. The molecule has 1 aromatic rings. The van der Waals surface area contributed by atoms with Crippen LogP contribution in [-0.4, -0.2) is 13.1 Å². The Hall–Kier alpha value is -0.423. The number of aromatic amines is 1. The van der Waals surface area contributed by atoms with Gasteiger partial charge in [0.05, 0.1) is 12.5 Å². The molecule has 0 aromatic carbocycles. The number of nitrogens with one attached hydrogen (secondary N) is 1. The van der Waals surface area contributed by atoms with E-state index in [0.717, 1.165) is 6.20 Å². The highest BCUT2D eigenvalue weighted by Crippen LogP contribution is 2.13. The summed E-state index contributed by atoms with van der Waals surface area (Å²) < 4.78 is 13.4. The molecule has 0 saturated carbocycles. The lowest BCUT2D eigenvalue weighted by molar-refractivity contribution is 0.615. The zero-order valence-electron chi connectivity index (χ0n) is 7.74. The lowest BCUT2D eigenvalue weighted by Crippen LogP contribution is -2.49. The molecule has 0 atom stereocenters. The van der Waals surface area contributed by atoms with Crippen LogP contribution in [0.4, 0.5) is 4.39 Å². The average Bonchev–Trinajstić information content (AvgIpc) is 1.95. The molecule has 0 aliphatic heterocycles.